The Hall–Kier alpha value is -2.62. The van der Waals surface area contributed by atoms with Crippen LogP contribution in [0.1, 0.15) is 12.2 Å². The van der Waals surface area contributed by atoms with Crippen molar-refractivity contribution in [3.63, 3.8) is 0 Å². The molecule has 1 aromatic carbocycles. The summed E-state index contributed by atoms with van der Waals surface area (Å²) in [7, 11) is 1.32. The number of alkyl halides is 3. The standard InChI is InChI=1S/C16H17F4N3O3/c1-23-8-7-22-14(23)15(25,16(18,19)20)5-6-21-13(24)10-26-12-4-2-3-11(17)9-12/h2-4,7-9,25H,5-6,10H2,1H3,(H,21,24). The van der Waals surface area contributed by atoms with E-state index in [0.29, 0.717) is 0 Å². The number of imidazole rings is 1. The SMILES string of the molecule is Cn1ccnc1C(O)(CCNC(=O)COc1cccc(F)c1)C(F)(F)F. The molecule has 1 unspecified atom stereocenters. The Morgan fingerprint density at radius 1 is 1.38 bits per heavy atom. The lowest BCUT2D eigenvalue weighted by Gasteiger charge is -2.29. The van der Waals surface area contributed by atoms with Crippen LogP contribution >= 0.6 is 0 Å². The number of nitrogens with one attached hydrogen (secondary N) is 1. The number of hydrogen-bond donors (Lipinski definition) is 2. The summed E-state index contributed by atoms with van der Waals surface area (Å²) in [6.45, 7) is -0.968. The molecule has 2 N–H and O–H groups in total. The van der Waals surface area contributed by atoms with Crippen molar-refractivity contribution in [2.75, 3.05) is 13.2 Å². The Morgan fingerprint density at radius 3 is 2.69 bits per heavy atom. The van der Waals surface area contributed by atoms with E-state index in [1.807, 2.05) is 0 Å². The number of ether oxygens (including phenoxy) is 1. The van der Waals surface area contributed by atoms with Gasteiger partial charge in [-0.15, -0.1) is 0 Å². The molecule has 1 heterocycles. The number of benzene rings is 1. The predicted octanol–water partition coefficient (Wildman–Crippen LogP) is 1.89. The summed E-state index contributed by atoms with van der Waals surface area (Å²) in [5.41, 5.74) is -3.21. The average molecular weight is 375 g/mol. The molecule has 26 heavy (non-hydrogen) atoms. The summed E-state index contributed by atoms with van der Waals surface area (Å²) in [5.74, 6) is -1.72. The first-order valence-corrected chi connectivity index (χ1v) is 7.55. The van der Waals surface area contributed by atoms with E-state index in [4.69, 9.17) is 4.74 Å². The lowest BCUT2D eigenvalue weighted by Crippen LogP contribution is -2.47. The van der Waals surface area contributed by atoms with Crippen LogP contribution in [0.2, 0.25) is 0 Å². The van der Waals surface area contributed by atoms with E-state index in [0.717, 1.165) is 16.8 Å². The maximum atomic E-state index is 13.3. The van der Waals surface area contributed by atoms with Crippen LogP contribution in [0.5, 0.6) is 5.75 Å². The van der Waals surface area contributed by atoms with Gasteiger partial charge in [0.05, 0.1) is 0 Å². The molecule has 6 nitrogen and oxygen atoms in total. The van der Waals surface area contributed by atoms with E-state index < -0.39 is 48.9 Å². The van der Waals surface area contributed by atoms with E-state index >= 15 is 0 Å². The topological polar surface area (TPSA) is 76.4 Å². The molecule has 1 aromatic heterocycles. The number of nitrogens with zero attached hydrogens (tertiary/aromatic N) is 2. The first kappa shape index (κ1) is 19.7. The van der Waals surface area contributed by atoms with Gasteiger partial charge in [0.1, 0.15) is 17.4 Å². The van der Waals surface area contributed by atoms with Gasteiger partial charge in [-0.25, -0.2) is 9.37 Å². The quantitative estimate of drug-likeness (QED) is 0.725. The summed E-state index contributed by atoms with van der Waals surface area (Å²) in [6, 6.07) is 5.08. The molecule has 1 amide bonds. The minimum atomic E-state index is -4.98. The molecule has 142 valence electrons. The first-order valence-electron chi connectivity index (χ1n) is 7.55. The normalized spacial score (nSPS) is 13.9. The fraction of sp³-hybridized carbons (Fsp3) is 0.375. The molecule has 0 bridgehead atoms. The number of carbonyl (C=O) groups excluding carboxylic acids is 1. The smallest absolute Gasteiger partial charge is 0.424 e. The van der Waals surface area contributed by atoms with Gasteiger partial charge >= 0.3 is 6.18 Å². The average Bonchev–Trinajstić information content (AvgIpc) is 2.98. The van der Waals surface area contributed by atoms with Crippen molar-refractivity contribution in [3.05, 3.63) is 48.3 Å². The second-order valence-corrected chi connectivity index (χ2v) is 5.57. The number of aryl methyl sites for hydroxylation is 1. The Bertz CT molecular complexity index is 763. The van der Waals surface area contributed by atoms with Crippen molar-refractivity contribution in [2.24, 2.45) is 7.05 Å². The molecular formula is C16H17F4N3O3. The van der Waals surface area contributed by atoms with E-state index in [1.165, 1.54) is 31.4 Å². The van der Waals surface area contributed by atoms with Gasteiger partial charge in [-0.1, -0.05) is 6.07 Å². The van der Waals surface area contributed by atoms with Crippen molar-refractivity contribution in [2.45, 2.75) is 18.2 Å². The van der Waals surface area contributed by atoms with Gasteiger partial charge in [-0.05, 0) is 12.1 Å². The third-order valence-electron chi connectivity index (χ3n) is 3.64. The third kappa shape index (κ3) is 4.51. The van der Waals surface area contributed by atoms with Crippen molar-refractivity contribution in [1.82, 2.24) is 14.9 Å². The maximum absolute atomic E-state index is 13.3. The van der Waals surface area contributed by atoms with Crippen LogP contribution in [0.4, 0.5) is 17.6 Å². The molecule has 0 fully saturated rings. The molecule has 10 heteroatoms. The van der Waals surface area contributed by atoms with E-state index in [1.54, 1.807) is 0 Å². The van der Waals surface area contributed by atoms with Gasteiger partial charge in [0.25, 0.3) is 5.91 Å². The largest absolute Gasteiger partial charge is 0.484 e. The van der Waals surface area contributed by atoms with Gasteiger partial charge in [-0.2, -0.15) is 13.2 Å². The lowest BCUT2D eigenvalue weighted by atomic mass is 9.97. The molecule has 2 rings (SSSR count). The van der Waals surface area contributed by atoms with Crippen LogP contribution in [0, 0.1) is 5.82 Å². The van der Waals surface area contributed by atoms with E-state index in [2.05, 4.69) is 10.3 Å². The highest BCUT2D eigenvalue weighted by molar-refractivity contribution is 5.77. The van der Waals surface area contributed by atoms with Crippen LogP contribution in [-0.2, 0) is 17.4 Å². The summed E-state index contributed by atoms with van der Waals surface area (Å²) in [6.07, 6.45) is -3.39. The summed E-state index contributed by atoms with van der Waals surface area (Å²) >= 11 is 0. The highest BCUT2D eigenvalue weighted by atomic mass is 19.4. The molecular weight excluding hydrogens is 358 g/mol. The molecule has 0 aliphatic carbocycles. The van der Waals surface area contributed by atoms with E-state index in [9.17, 15) is 27.5 Å². The molecule has 1 atom stereocenters. The van der Waals surface area contributed by atoms with E-state index in [-0.39, 0.29) is 5.75 Å². The van der Waals surface area contributed by atoms with Gasteiger partial charge in [0.2, 0.25) is 5.60 Å². The minimum Gasteiger partial charge on any atom is -0.484 e. The first-order chi connectivity index (χ1) is 12.1. The molecule has 2 aromatic rings. The molecule has 0 aliphatic heterocycles. The zero-order valence-corrected chi connectivity index (χ0v) is 13.8. The Kier molecular flexibility index (Phi) is 5.86. The zero-order valence-electron chi connectivity index (χ0n) is 13.8. The summed E-state index contributed by atoms with van der Waals surface area (Å²) in [5, 5.41) is 12.3. The van der Waals surface area contributed by atoms with Crippen molar-refractivity contribution in [1.29, 1.82) is 0 Å². The van der Waals surface area contributed by atoms with Gasteiger partial charge < -0.3 is 19.7 Å². The summed E-state index contributed by atoms with van der Waals surface area (Å²) in [4.78, 5) is 15.2. The predicted molar refractivity (Wildman–Crippen MR) is 82.7 cm³/mol. The molecule has 0 aliphatic rings. The number of halogens is 4. The molecule has 0 spiro atoms. The number of rotatable bonds is 7. The van der Waals surface area contributed by atoms with Crippen LogP contribution < -0.4 is 10.1 Å². The maximum Gasteiger partial charge on any atom is 0.424 e. The second kappa shape index (κ2) is 7.73. The van der Waals surface area contributed by atoms with Gasteiger partial charge in [-0.3, -0.25) is 4.79 Å². The lowest BCUT2D eigenvalue weighted by molar-refractivity contribution is -0.272. The second-order valence-electron chi connectivity index (χ2n) is 5.57. The molecule has 0 saturated heterocycles. The van der Waals surface area contributed by atoms with Crippen LogP contribution in [0.15, 0.2) is 36.7 Å². The number of hydrogen-bond acceptors (Lipinski definition) is 4. The number of aromatic nitrogens is 2. The van der Waals surface area contributed by atoms with Crippen molar-refractivity contribution >= 4 is 5.91 Å². The fourth-order valence-electron chi connectivity index (χ4n) is 2.28. The van der Waals surface area contributed by atoms with Gasteiger partial charge in [0.15, 0.2) is 6.61 Å². The molecule has 0 saturated carbocycles. The number of carbonyl (C=O) groups is 1. The van der Waals surface area contributed by atoms with Crippen molar-refractivity contribution in [3.8, 4) is 5.75 Å². The molecule has 0 radical (unpaired) electrons. The fourth-order valence-corrected chi connectivity index (χ4v) is 2.28. The van der Waals surface area contributed by atoms with Crippen LogP contribution in [-0.4, -0.2) is 39.9 Å². The van der Waals surface area contributed by atoms with Crippen molar-refractivity contribution < 1.29 is 32.2 Å². The number of amides is 1. The Balaban J connectivity index is 1.91. The van der Waals surface area contributed by atoms with Gasteiger partial charge in [0, 0.05) is 38.5 Å². The third-order valence-corrected chi connectivity index (χ3v) is 3.64. The van der Waals surface area contributed by atoms with Crippen LogP contribution in [0.3, 0.4) is 0 Å². The minimum absolute atomic E-state index is 0.111. The highest BCUT2D eigenvalue weighted by Gasteiger charge is 2.57. The zero-order chi connectivity index (χ0) is 19.4. The Morgan fingerprint density at radius 2 is 2.12 bits per heavy atom. The summed E-state index contributed by atoms with van der Waals surface area (Å²) < 4.78 is 59.0. The highest BCUT2D eigenvalue weighted by Crippen LogP contribution is 2.40. The monoisotopic (exact) mass is 375 g/mol. The number of aliphatic hydroxyl groups is 1. The Labute approximate surface area is 146 Å². The van der Waals surface area contributed by atoms with Crippen LogP contribution in [0.25, 0.3) is 0 Å².